The lowest BCUT2D eigenvalue weighted by atomic mass is 9.82. The number of hydrogen-bond donors (Lipinski definition) is 0. The highest BCUT2D eigenvalue weighted by Crippen LogP contribution is 2.53. The van der Waals surface area contributed by atoms with Crippen molar-refractivity contribution in [2.24, 2.45) is 0 Å². The van der Waals surface area contributed by atoms with E-state index in [-0.39, 0.29) is 5.41 Å². The minimum atomic E-state index is -0.127. The number of benzene rings is 8. The monoisotopic (exact) mass is 695 g/mol. The van der Waals surface area contributed by atoms with E-state index in [1.54, 1.807) is 0 Å². The van der Waals surface area contributed by atoms with Crippen LogP contribution in [0.2, 0.25) is 0 Å². The summed E-state index contributed by atoms with van der Waals surface area (Å²) in [6, 6.07) is 69.2. The van der Waals surface area contributed by atoms with Crippen molar-refractivity contribution in [2.45, 2.75) is 19.3 Å². The Morgan fingerprint density at radius 2 is 0.962 bits per heavy atom. The summed E-state index contributed by atoms with van der Waals surface area (Å²) in [6.07, 6.45) is 0. The molecule has 1 aromatic heterocycles. The van der Waals surface area contributed by atoms with Crippen LogP contribution < -0.4 is 4.90 Å². The summed E-state index contributed by atoms with van der Waals surface area (Å²) in [5.41, 5.74) is 15.9. The molecule has 0 saturated heterocycles. The molecule has 0 N–H and O–H groups in total. The molecule has 1 aliphatic rings. The number of thiophene rings is 1. The summed E-state index contributed by atoms with van der Waals surface area (Å²) in [7, 11) is 0. The molecule has 9 aromatic rings. The molecule has 1 heterocycles. The maximum Gasteiger partial charge on any atom is 0.0546 e. The fourth-order valence-corrected chi connectivity index (χ4v) is 9.69. The number of nitrogens with zero attached hydrogens (tertiary/aromatic N) is 1. The molecule has 0 saturated carbocycles. The van der Waals surface area contributed by atoms with Gasteiger partial charge in [0.25, 0.3) is 0 Å². The van der Waals surface area contributed by atoms with Gasteiger partial charge in [0.05, 0.1) is 5.69 Å². The van der Waals surface area contributed by atoms with Crippen LogP contribution in [-0.2, 0) is 5.41 Å². The van der Waals surface area contributed by atoms with Crippen LogP contribution in [0.3, 0.4) is 0 Å². The van der Waals surface area contributed by atoms with Gasteiger partial charge in [0.1, 0.15) is 0 Å². The average molecular weight is 696 g/mol. The van der Waals surface area contributed by atoms with Gasteiger partial charge in [0.15, 0.2) is 0 Å². The number of rotatable bonds is 6. The maximum absolute atomic E-state index is 2.51. The molecule has 0 amide bonds. The Balaban J connectivity index is 1.28. The minimum Gasteiger partial charge on any atom is -0.310 e. The van der Waals surface area contributed by atoms with Crippen LogP contribution in [0.25, 0.3) is 64.7 Å². The Morgan fingerprint density at radius 1 is 0.396 bits per heavy atom. The molecule has 0 bridgehead atoms. The van der Waals surface area contributed by atoms with Gasteiger partial charge >= 0.3 is 0 Å². The molecule has 8 aromatic carbocycles. The summed E-state index contributed by atoms with van der Waals surface area (Å²) >= 11 is 1.87. The van der Waals surface area contributed by atoms with E-state index in [0.717, 1.165) is 17.1 Å². The summed E-state index contributed by atoms with van der Waals surface area (Å²) in [6.45, 7) is 4.74. The van der Waals surface area contributed by atoms with E-state index in [1.807, 2.05) is 11.3 Å². The van der Waals surface area contributed by atoms with Crippen LogP contribution in [0.1, 0.15) is 25.0 Å². The molecule has 0 aliphatic heterocycles. The lowest BCUT2D eigenvalue weighted by Crippen LogP contribution is -2.17. The molecule has 0 spiro atoms. The van der Waals surface area contributed by atoms with Crippen molar-refractivity contribution < 1.29 is 0 Å². The highest BCUT2D eigenvalue weighted by atomic mass is 32.1. The SMILES string of the molecule is CC1(C)c2ccccc2-c2ccc(N(c3ccc4c(c3)sc3ccccc34)c3cccc(-c4ccccc4)c3-c3ccccc3-c3ccccc3)cc21. The van der Waals surface area contributed by atoms with Crippen LogP contribution in [0.15, 0.2) is 188 Å². The van der Waals surface area contributed by atoms with Gasteiger partial charge in [-0.15, -0.1) is 11.3 Å². The predicted octanol–water partition coefficient (Wildman–Crippen LogP) is 14.8. The van der Waals surface area contributed by atoms with Gasteiger partial charge in [-0.25, -0.2) is 0 Å². The number of anilines is 3. The van der Waals surface area contributed by atoms with Gasteiger partial charge in [0.2, 0.25) is 0 Å². The van der Waals surface area contributed by atoms with Crippen molar-refractivity contribution in [3.63, 3.8) is 0 Å². The topological polar surface area (TPSA) is 3.24 Å². The Bertz CT molecular complexity index is 2810. The molecule has 53 heavy (non-hydrogen) atoms. The summed E-state index contributed by atoms with van der Waals surface area (Å²) < 4.78 is 2.60. The van der Waals surface area contributed by atoms with E-state index in [9.17, 15) is 0 Å². The number of hydrogen-bond acceptors (Lipinski definition) is 2. The molecule has 0 unspecified atom stereocenters. The second-order valence-electron chi connectivity index (χ2n) is 14.5. The fourth-order valence-electron chi connectivity index (χ4n) is 8.55. The normalized spacial score (nSPS) is 12.9. The predicted molar refractivity (Wildman–Crippen MR) is 228 cm³/mol. The molecule has 1 nitrogen and oxygen atoms in total. The van der Waals surface area contributed by atoms with Crippen molar-refractivity contribution in [2.75, 3.05) is 4.90 Å². The largest absolute Gasteiger partial charge is 0.310 e. The van der Waals surface area contributed by atoms with Crippen LogP contribution in [0.5, 0.6) is 0 Å². The second-order valence-corrected chi connectivity index (χ2v) is 15.6. The van der Waals surface area contributed by atoms with Crippen LogP contribution in [0, 0.1) is 0 Å². The van der Waals surface area contributed by atoms with Gasteiger partial charge in [0, 0.05) is 42.5 Å². The lowest BCUT2D eigenvalue weighted by molar-refractivity contribution is 0.660. The van der Waals surface area contributed by atoms with E-state index in [4.69, 9.17) is 0 Å². The Hall–Kier alpha value is -6.22. The minimum absolute atomic E-state index is 0.127. The molecule has 0 radical (unpaired) electrons. The Kier molecular flexibility index (Phi) is 7.42. The third-order valence-electron chi connectivity index (χ3n) is 11.1. The highest BCUT2D eigenvalue weighted by Gasteiger charge is 2.36. The fraction of sp³-hybridized carbons (Fsp3) is 0.0588. The molecule has 0 atom stereocenters. The zero-order valence-corrected chi connectivity index (χ0v) is 30.6. The van der Waals surface area contributed by atoms with Gasteiger partial charge in [-0.1, -0.05) is 166 Å². The first-order valence-corrected chi connectivity index (χ1v) is 19.2. The van der Waals surface area contributed by atoms with E-state index >= 15 is 0 Å². The van der Waals surface area contributed by atoms with Gasteiger partial charge in [-0.05, 0) is 86.5 Å². The van der Waals surface area contributed by atoms with E-state index in [0.29, 0.717) is 0 Å². The molecule has 10 rings (SSSR count). The van der Waals surface area contributed by atoms with Crippen molar-refractivity contribution >= 4 is 48.6 Å². The zero-order valence-electron chi connectivity index (χ0n) is 29.8. The first kappa shape index (κ1) is 31.5. The van der Waals surface area contributed by atoms with Crippen molar-refractivity contribution in [3.05, 3.63) is 199 Å². The van der Waals surface area contributed by atoms with Crippen molar-refractivity contribution in [1.82, 2.24) is 0 Å². The average Bonchev–Trinajstić information content (AvgIpc) is 3.70. The molecule has 0 fully saturated rings. The number of fused-ring (bicyclic) bond motifs is 6. The standard InChI is InChI=1S/C51H37NS/c1-51(2)45-25-13-11-21-40(45)41-30-28-36(32-46(41)51)52(37-29-31-43-42-22-12-14-27-48(42)53-49(43)33-37)47-26-15-24-39(35-18-7-4-8-19-35)50(47)44-23-10-9-20-38(44)34-16-5-3-6-17-34/h3-33H,1-2H3. The van der Waals surface area contributed by atoms with Gasteiger partial charge in [-0.3, -0.25) is 0 Å². The molecule has 1 aliphatic carbocycles. The van der Waals surface area contributed by atoms with E-state index < -0.39 is 0 Å². The third-order valence-corrected chi connectivity index (χ3v) is 12.2. The smallest absolute Gasteiger partial charge is 0.0546 e. The van der Waals surface area contributed by atoms with Crippen LogP contribution in [-0.4, -0.2) is 0 Å². The zero-order chi connectivity index (χ0) is 35.5. The van der Waals surface area contributed by atoms with Crippen molar-refractivity contribution in [3.8, 4) is 44.5 Å². The third kappa shape index (κ3) is 5.13. The Morgan fingerprint density at radius 3 is 1.75 bits per heavy atom. The Labute approximate surface area is 315 Å². The molecule has 2 heteroatoms. The molecular formula is C51H37NS. The molecule has 252 valence electrons. The quantitative estimate of drug-likeness (QED) is 0.167. The van der Waals surface area contributed by atoms with Crippen LogP contribution in [0.4, 0.5) is 17.1 Å². The second kappa shape index (κ2) is 12.5. The van der Waals surface area contributed by atoms with Gasteiger partial charge < -0.3 is 4.90 Å². The van der Waals surface area contributed by atoms with Gasteiger partial charge in [-0.2, -0.15) is 0 Å². The first-order chi connectivity index (χ1) is 26.1. The van der Waals surface area contributed by atoms with Crippen molar-refractivity contribution in [1.29, 1.82) is 0 Å². The van der Waals surface area contributed by atoms with Crippen LogP contribution >= 0.6 is 11.3 Å². The maximum atomic E-state index is 2.51. The summed E-state index contributed by atoms with van der Waals surface area (Å²) in [5, 5.41) is 2.61. The van der Waals surface area contributed by atoms with E-state index in [2.05, 4.69) is 207 Å². The highest BCUT2D eigenvalue weighted by molar-refractivity contribution is 7.25. The summed E-state index contributed by atoms with van der Waals surface area (Å²) in [4.78, 5) is 2.51. The van der Waals surface area contributed by atoms with E-state index in [1.165, 1.54) is 75.8 Å². The lowest BCUT2D eigenvalue weighted by Gasteiger charge is -2.31. The first-order valence-electron chi connectivity index (χ1n) is 18.4. The summed E-state index contributed by atoms with van der Waals surface area (Å²) in [5.74, 6) is 0. The molecular weight excluding hydrogens is 659 g/mol.